The fourth-order valence-electron chi connectivity index (χ4n) is 9.86. The lowest BCUT2D eigenvalue weighted by molar-refractivity contribution is -0.161. The molecule has 594 valence electrons. The molecule has 0 aliphatic rings. The van der Waals surface area contributed by atoms with Crippen LogP contribution in [0.3, 0.4) is 0 Å². The second-order valence-electron chi connectivity index (χ2n) is 25.7. The third-order valence-corrected chi connectivity index (χ3v) is 17.7. The van der Waals surface area contributed by atoms with Crippen LogP contribution in [0.4, 0.5) is 0 Å². The first-order valence-corrected chi connectivity index (χ1v) is 42.7. The van der Waals surface area contributed by atoms with Crippen LogP contribution in [0.5, 0.6) is 0 Å². The first-order valence-electron chi connectivity index (χ1n) is 39.7. The van der Waals surface area contributed by atoms with Crippen molar-refractivity contribution < 1.29 is 75.8 Å². The van der Waals surface area contributed by atoms with E-state index < -0.39 is 91.5 Å². The lowest BCUT2D eigenvalue weighted by atomic mass is 10.1. The van der Waals surface area contributed by atoms with Crippen molar-refractivity contribution in [3.05, 3.63) is 194 Å². The third kappa shape index (κ3) is 79.3. The molecule has 5 atom stereocenters. The summed E-state index contributed by atoms with van der Waals surface area (Å²) in [5.74, 6) is -1.64. The molecule has 18 heteroatoms. The summed E-state index contributed by atoms with van der Waals surface area (Å²) in [7, 11) is -9.83. The Morgan fingerprint density at radius 1 is 0.267 bits per heavy atom. The summed E-state index contributed by atoms with van der Waals surface area (Å²) in [4.78, 5) is 58.8. The minimum Gasteiger partial charge on any atom is -0.463 e. The van der Waals surface area contributed by atoms with E-state index in [1.807, 2.05) is 0 Å². The lowest BCUT2D eigenvalue weighted by Gasteiger charge is -2.21. The van der Waals surface area contributed by atoms with E-state index in [0.717, 1.165) is 193 Å². The minimum absolute atomic E-state index is 0.0676. The standard InChI is InChI=1S/C87H140O16P2/c1-4-7-10-13-16-19-22-25-28-31-34-37-39-40-42-45-46-49-52-55-58-61-64-67-70-73-85(90)97-76-82(88)77-99-104(93,94)100-78-83(89)79-101-105(95,96)102-81-84(103-87(92)75-72-69-66-63-60-57-54-51-48-43-36-33-30-27-24-21-18-15-12-9-6-3)80-98-86(91)74-71-68-65-62-59-56-53-50-47-44-41-38-35-32-29-26-23-20-17-14-11-8-5-2/h7-12,16-21,25-30,34-38,40,42-44,47,51,53-54,56,82-84,88-89H,4-6,13-15,22-24,31-33,39,41,45-46,48-50,52,55,57-81H2,1-3H3,(H,93,94)(H,95,96)/b10-7-,11-8-,12-9-,19-16-,20-17-,21-18-,28-25-,29-26-,30-27-,37-34-,38-35-,42-40-,43-36-,47-44-,54-51-,56-53-. The van der Waals surface area contributed by atoms with E-state index in [9.17, 15) is 43.5 Å². The molecule has 0 aromatic carbocycles. The zero-order valence-electron chi connectivity index (χ0n) is 64.8. The fraction of sp³-hybridized carbons (Fsp3) is 0.598. The van der Waals surface area contributed by atoms with Crippen LogP contribution in [0.25, 0.3) is 0 Å². The second-order valence-corrected chi connectivity index (χ2v) is 28.6. The third-order valence-electron chi connectivity index (χ3n) is 15.8. The normalized spacial score (nSPS) is 15.0. The van der Waals surface area contributed by atoms with Gasteiger partial charge in [0.2, 0.25) is 0 Å². The molecule has 0 aromatic heterocycles. The predicted octanol–water partition coefficient (Wildman–Crippen LogP) is 23.5. The van der Waals surface area contributed by atoms with Crippen LogP contribution < -0.4 is 0 Å². The molecule has 0 saturated heterocycles. The average molecular weight is 1500 g/mol. The number of aliphatic hydroxyl groups excluding tert-OH is 2. The van der Waals surface area contributed by atoms with Crippen molar-refractivity contribution in [1.29, 1.82) is 0 Å². The Morgan fingerprint density at radius 3 is 0.752 bits per heavy atom. The number of aliphatic hydroxyl groups is 2. The van der Waals surface area contributed by atoms with E-state index in [-0.39, 0.29) is 19.3 Å². The Labute approximate surface area is 636 Å². The van der Waals surface area contributed by atoms with Crippen LogP contribution >= 0.6 is 15.6 Å². The maximum Gasteiger partial charge on any atom is 0.472 e. The number of ether oxygens (including phenoxy) is 3. The number of phosphoric ester groups is 2. The van der Waals surface area contributed by atoms with Crippen molar-refractivity contribution in [2.24, 2.45) is 0 Å². The number of allylic oxidation sites excluding steroid dienone is 32. The maximum atomic E-state index is 13.0. The van der Waals surface area contributed by atoms with Crippen LogP contribution in [0.15, 0.2) is 194 Å². The van der Waals surface area contributed by atoms with Crippen molar-refractivity contribution in [1.82, 2.24) is 0 Å². The van der Waals surface area contributed by atoms with Gasteiger partial charge in [-0.1, -0.05) is 292 Å². The number of rotatable bonds is 73. The van der Waals surface area contributed by atoms with Gasteiger partial charge < -0.3 is 34.2 Å². The van der Waals surface area contributed by atoms with E-state index in [4.69, 9.17) is 32.3 Å². The first kappa shape index (κ1) is 99.4. The maximum absolute atomic E-state index is 13.0. The molecule has 0 bridgehead atoms. The van der Waals surface area contributed by atoms with Gasteiger partial charge in [0, 0.05) is 19.3 Å². The van der Waals surface area contributed by atoms with Crippen LogP contribution in [-0.4, -0.2) is 95.9 Å². The number of phosphoric acid groups is 2. The summed E-state index contributed by atoms with van der Waals surface area (Å²) < 4.78 is 61.2. The fourth-order valence-corrected chi connectivity index (χ4v) is 11.4. The van der Waals surface area contributed by atoms with Crippen molar-refractivity contribution in [2.45, 2.75) is 296 Å². The Bertz CT molecular complexity index is 2690. The van der Waals surface area contributed by atoms with E-state index in [0.29, 0.717) is 19.3 Å². The zero-order chi connectivity index (χ0) is 76.6. The quantitative estimate of drug-likeness (QED) is 0.0146. The van der Waals surface area contributed by atoms with Crippen molar-refractivity contribution in [2.75, 3.05) is 39.6 Å². The molecule has 0 amide bonds. The SMILES string of the molecule is CC/C=C\C/C=C\C/C=C\C/C=C\C/C=C\C/C=C\CCCCCCC(=O)OCC(COP(=O)(O)OCC(O)COP(=O)(O)OCC(O)COC(=O)CCCCCCCCCCC/C=C\C/C=C\C/C=C\C/C=C\C/C=C\CC)OC(=O)CCCCCCC/C=C\C/C=C\C/C=C\C/C=C\C/C=C\CC. The van der Waals surface area contributed by atoms with E-state index in [1.165, 1.54) is 25.7 Å². The van der Waals surface area contributed by atoms with Crippen LogP contribution in [-0.2, 0) is 55.8 Å². The average Bonchev–Trinajstić information content (AvgIpc) is 0.917. The van der Waals surface area contributed by atoms with Gasteiger partial charge in [0.1, 0.15) is 25.4 Å². The van der Waals surface area contributed by atoms with Gasteiger partial charge in [-0.15, -0.1) is 0 Å². The van der Waals surface area contributed by atoms with Gasteiger partial charge in [0.15, 0.2) is 6.10 Å². The van der Waals surface area contributed by atoms with Gasteiger partial charge in [0.05, 0.1) is 26.4 Å². The summed E-state index contributed by atoms with van der Waals surface area (Å²) in [6, 6.07) is 0. The summed E-state index contributed by atoms with van der Waals surface area (Å²) in [6.45, 7) is 2.26. The van der Waals surface area contributed by atoms with Gasteiger partial charge >= 0.3 is 33.6 Å². The van der Waals surface area contributed by atoms with Gasteiger partial charge in [-0.25, -0.2) is 9.13 Å². The molecule has 0 rings (SSSR count). The monoisotopic (exact) mass is 1500 g/mol. The number of hydrogen-bond acceptors (Lipinski definition) is 14. The summed E-state index contributed by atoms with van der Waals surface area (Å²) in [5, 5.41) is 20.7. The van der Waals surface area contributed by atoms with Crippen LogP contribution in [0, 0.1) is 0 Å². The molecule has 5 unspecified atom stereocenters. The van der Waals surface area contributed by atoms with Crippen molar-refractivity contribution in [3.63, 3.8) is 0 Å². The second kappa shape index (κ2) is 78.0. The molecule has 4 N–H and O–H groups in total. The lowest BCUT2D eigenvalue weighted by Crippen LogP contribution is -2.30. The zero-order valence-corrected chi connectivity index (χ0v) is 66.6. The van der Waals surface area contributed by atoms with Gasteiger partial charge in [-0.05, 0) is 161 Å². The predicted molar refractivity (Wildman–Crippen MR) is 435 cm³/mol. The molecule has 0 aliphatic carbocycles. The smallest absolute Gasteiger partial charge is 0.463 e. The van der Waals surface area contributed by atoms with Gasteiger partial charge in [-0.2, -0.15) is 0 Å². The van der Waals surface area contributed by atoms with E-state index in [2.05, 4.69) is 215 Å². The molecule has 0 aromatic rings. The van der Waals surface area contributed by atoms with Crippen molar-refractivity contribution >= 4 is 33.6 Å². The molecule has 0 fully saturated rings. The molecule has 0 saturated carbocycles. The number of carbonyl (C=O) groups is 3. The molecular formula is C87H140O16P2. The highest BCUT2D eigenvalue weighted by Crippen LogP contribution is 2.45. The summed E-state index contributed by atoms with van der Waals surface area (Å²) in [6.07, 6.45) is 102. The first-order chi connectivity index (χ1) is 51.2. The summed E-state index contributed by atoms with van der Waals surface area (Å²) in [5.41, 5.74) is 0. The van der Waals surface area contributed by atoms with E-state index >= 15 is 0 Å². The molecular weight excluding hydrogens is 1360 g/mol. The summed E-state index contributed by atoms with van der Waals surface area (Å²) >= 11 is 0. The Hall–Kier alpha value is -5.61. The topological polar surface area (TPSA) is 231 Å². The molecule has 0 spiro atoms. The molecule has 16 nitrogen and oxygen atoms in total. The van der Waals surface area contributed by atoms with E-state index in [1.54, 1.807) is 0 Å². The molecule has 0 aliphatic heterocycles. The highest BCUT2D eigenvalue weighted by atomic mass is 31.2. The Balaban J connectivity index is 4.76. The highest BCUT2D eigenvalue weighted by Gasteiger charge is 2.29. The molecule has 0 heterocycles. The molecule has 0 radical (unpaired) electrons. The molecule has 105 heavy (non-hydrogen) atoms. The van der Waals surface area contributed by atoms with Crippen LogP contribution in [0.2, 0.25) is 0 Å². The largest absolute Gasteiger partial charge is 0.472 e. The number of carbonyl (C=O) groups excluding carboxylic acids is 3. The van der Waals surface area contributed by atoms with Crippen molar-refractivity contribution in [3.8, 4) is 0 Å². The minimum atomic E-state index is -4.96. The number of unbranched alkanes of at least 4 members (excludes halogenated alkanes) is 18. The highest BCUT2D eigenvalue weighted by molar-refractivity contribution is 7.47. The number of hydrogen-bond donors (Lipinski definition) is 4. The van der Waals surface area contributed by atoms with Gasteiger partial charge in [0.25, 0.3) is 0 Å². The Kier molecular flexibility index (Phi) is 73.8. The Morgan fingerprint density at radius 2 is 0.476 bits per heavy atom. The van der Waals surface area contributed by atoms with Gasteiger partial charge in [-0.3, -0.25) is 32.5 Å². The number of esters is 3. The van der Waals surface area contributed by atoms with Crippen LogP contribution in [0.1, 0.15) is 278 Å².